The highest BCUT2D eigenvalue weighted by Gasteiger charge is 2.46. The number of amides is 1. The van der Waals surface area contributed by atoms with E-state index in [0.29, 0.717) is 11.3 Å². The van der Waals surface area contributed by atoms with Crippen LogP contribution >= 0.6 is 0 Å². The van der Waals surface area contributed by atoms with Crippen LogP contribution in [0.2, 0.25) is 0 Å². The van der Waals surface area contributed by atoms with Crippen molar-refractivity contribution in [2.24, 2.45) is 5.41 Å². The Morgan fingerprint density at radius 1 is 1.00 bits per heavy atom. The first-order valence-corrected chi connectivity index (χ1v) is 10.2. The Labute approximate surface area is 152 Å². The lowest BCUT2D eigenvalue weighted by molar-refractivity contribution is -0.141. The molecule has 0 aromatic heterocycles. The van der Waals surface area contributed by atoms with Gasteiger partial charge in [-0.2, -0.15) is 0 Å². The zero-order valence-electron chi connectivity index (χ0n) is 15.7. The molecule has 136 valence electrons. The molecule has 1 spiro atoms. The Balaban J connectivity index is 1.58. The zero-order chi connectivity index (χ0) is 17.3. The second-order valence-corrected chi connectivity index (χ2v) is 8.68. The van der Waals surface area contributed by atoms with Gasteiger partial charge in [0.1, 0.15) is 0 Å². The number of nitrogens with zero attached hydrogens (tertiary/aromatic N) is 1. The van der Waals surface area contributed by atoms with Crippen molar-refractivity contribution in [3.05, 3.63) is 35.4 Å². The SMILES string of the molecule is Cc1ccccc1C1(C(=O)N2CCC3(CCNC3)CC2)CCCCC1. The number of piperidine rings is 1. The standard InChI is InChI=1S/C22H32N2O/c1-18-7-3-4-8-19(18)22(9-5-2-6-10-22)20(25)24-15-12-21(13-16-24)11-14-23-17-21/h3-4,7-8,23H,2,5-6,9-17H2,1H3. The summed E-state index contributed by atoms with van der Waals surface area (Å²) in [7, 11) is 0. The van der Waals surface area contributed by atoms with Crippen molar-refractivity contribution in [1.29, 1.82) is 0 Å². The van der Waals surface area contributed by atoms with Gasteiger partial charge in [-0.1, -0.05) is 43.5 Å². The van der Waals surface area contributed by atoms with Gasteiger partial charge in [0.25, 0.3) is 0 Å². The summed E-state index contributed by atoms with van der Waals surface area (Å²) < 4.78 is 0. The fraction of sp³-hybridized carbons (Fsp3) is 0.682. The molecular weight excluding hydrogens is 308 g/mol. The predicted octanol–water partition coefficient (Wildman–Crippen LogP) is 3.80. The number of carbonyl (C=O) groups excluding carboxylic acids is 1. The third kappa shape index (κ3) is 3.01. The van der Waals surface area contributed by atoms with Gasteiger partial charge in [0.2, 0.25) is 5.91 Å². The zero-order valence-corrected chi connectivity index (χ0v) is 15.7. The summed E-state index contributed by atoms with van der Waals surface area (Å²) in [5.41, 5.74) is 2.79. The number of benzene rings is 1. The van der Waals surface area contributed by atoms with Crippen LogP contribution in [0.25, 0.3) is 0 Å². The number of hydrogen-bond acceptors (Lipinski definition) is 2. The summed E-state index contributed by atoms with van der Waals surface area (Å²) in [6, 6.07) is 8.60. The molecule has 0 unspecified atom stereocenters. The molecule has 3 nitrogen and oxygen atoms in total. The van der Waals surface area contributed by atoms with E-state index in [-0.39, 0.29) is 5.41 Å². The minimum atomic E-state index is -0.262. The van der Waals surface area contributed by atoms with E-state index in [1.807, 2.05) is 0 Å². The fourth-order valence-corrected chi connectivity index (χ4v) is 5.57. The smallest absolute Gasteiger partial charge is 0.233 e. The number of nitrogens with one attached hydrogen (secondary N) is 1. The van der Waals surface area contributed by atoms with Gasteiger partial charge >= 0.3 is 0 Å². The largest absolute Gasteiger partial charge is 0.342 e. The average Bonchev–Trinajstić information content (AvgIpc) is 3.11. The lowest BCUT2D eigenvalue weighted by atomic mass is 9.66. The molecule has 1 amide bonds. The summed E-state index contributed by atoms with van der Waals surface area (Å²) in [4.78, 5) is 16.0. The minimum Gasteiger partial charge on any atom is -0.342 e. The van der Waals surface area contributed by atoms with Gasteiger partial charge in [-0.15, -0.1) is 0 Å². The molecule has 2 heterocycles. The van der Waals surface area contributed by atoms with E-state index in [2.05, 4.69) is 41.4 Å². The highest BCUT2D eigenvalue weighted by Crippen LogP contribution is 2.44. The molecule has 3 heteroatoms. The first kappa shape index (κ1) is 17.1. The first-order valence-electron chi connectivity index (χ1n) is 10.2. The van der Waals surface area contributed by atoms with E-state index >= 15 is 0 Å². The van der Waals surface area contributed by atoms with Crippen LogP contribution in [-0.4, -0.2) is 37.0 Å². The van der Waals surface area contributed by atoms with Gasteiger partial charge in [0.05, 0.1) is 5.41 Å². The summed E-state index contributed by atoms with van der Waals surface area (Å²) >= 11 is 0. The average molecular weight is 341 g/mol. The fourth-order valence-electron chi connectivity index (χ4n) is 5.57. The molecule has 0 bridgehead atoms. The van der Waals surface area contributed by atoms with Gasteiger partial charge in [0.15, 0.2) is 0 Å². The molecule has 0 atom stereocenters. The van der Waals surface area contributed by atoms with Crippen molar-refractivity contribution < 1.29 is 4.79 Å². The van der Waals surface area contributed by atoms with Gasteiger partial charge in [-0.05, 0) is 62.1 Å². The Hall–Kier alpha value is -1.35. The number of rotatable bonds is 2. The maximum absolute atomic E-state index is 13.7. The van der Waals surface area contributed by atoms with Crippen LogP contribution in [0, 0.1) is 12.3 Å². The lowest BCUT2D eigenvalue weighted by Gasteiger charge is -2.45. The van der Waals surface area contributed by atoms with Crippen LogP contribution < -0.4 is 5.32 Å². The summed E-state index contributed by atoms with van der Waals surface area (Å²) in [6.07, 6.45) is 9.34. The van der Waals surface area contributed by atoms with Crippen LogP contribution in [0.15, 0.2) is 24.3 Å². The number of likely N-dealkylation sites (tertiary alicyclic amines) is 1. The summed E-state index contributed by atoms with van der Waals surface area (Å²) in [6.45, 7) is 6.38. The highest BCUT2D eigenvalue weighted by atomic mass is 16.2. The molecule has 3 aliphatic rings. The van der Waals surface area contributed by atoms with Gasteiger partial charge in [0, 0.05) is 19.6 Å². The molecule has 1 aliphatic carbocycles. The molecule has 1 N–H and O–H groups in total. The van der Waals surface area contributed by atoms with Crippen LogP contribution in [0.3, 0.4) is 0 Å². The summed E-state index contributed by atoms with van der Waals surface area (Å²) in [5.74, 6) is 0.419. The third-order valence-corrected chi connectivity index (χ3v) is 7.22. The monoisotopic (exact) mass is 340 g/mol. The normalized spacial score (nSPS) is 25.2. The van der Waals surface area contributed by atoms with Crippen molar-refractivity contribution in [2.75, 3.05) is 26.2 Å². The van der Waals surface area contributed by atoms with Gasteiger partial charge < -0.3 is 10.2 Å². The Bertz CT molecular complexity index is 617. The lowest BCUT2D eigenvalue weighted by Crippen LogP contribution is -2.52. The van der Waals surface area contributed by atoms with Crippen molar-refractivity contribution in [1.82, 2.24) is 10.2 Å². The van der Waals surface area contributed by atoms with Crippen LogP contribution in [0.5, 0.6) is 0 Å². The molecule has 0 radical (unpaired) electrons. The van der Waals surface area contributed by atoms with Crippen molar-refractivity contribution >= 4 is 5.91 Å². The molecule has 4 rings (SSSR count). The number of hydrogen-bond donors (Lipinski definition) is 1. The van der Waals surface area contributed by atoms with E-state index in [1.165, 1.54) is 49.7 Å². The topological polar surface area (TPSA) is 32.3 Å². The molecule has 3 fully saturated rings. The van der Waals surface area contributed by atoms with Gasteiger partial charge in [-0.3, -0.25) is 4.79 Å². The van der Waals surface area contributed by atoms with E-state index in [0.717, 1.165) is 39.0 Å². The summed E-state index contributed by atoms with van der Waals surface area (Å²) in [5, 5.41) is 3.53. The maximum atomic E-state index is 13.7. The molecule has 1 aromatic rings. The Kier molecular flexibility index (Phi) is 4.61. The van der Waals surface area contributed by atoms with E-state index < -0.39 is 0 Å². The first-order chi connectivity index (χ1) is 12.2. The quantitative estimate of drug-likeness (QED) is 0.888. The molecule has 1 saturated carbocycles. The number of aryl methyl sites for hydroxylation is 1. The maximum Gasteiger partial charge on any atom is 0.233 e. The predicted molar refractivity (Wildman–Crippen MR) is 102 cm³/mol. The molecule has 2 aliphatic heterocycles. The second kappa shape index (κ2) is 6.75. The van der Waals surface area contributed by atoms with Crippen LogP contribution in [0.4, 0.5) is 0 Å². The molecule has 25 heavy (non-hydrogen) atoms. The molecule has 1 aromatic carbocycles. The van der Waals surface area contributed by atoms with Crippen LogP contribution in [0.1, 0.15) is 62.5 Å². The Morgan fingerprint density at radius 3 is 2.36 bits per heavy atom. The van der Waals surface area contributed by atoms with E-state index in [1.54, 1.807) is 0 Å². The molecular formula is C22H32N2O. The van der Waals surface area contributed by atoms with E-state index in [4.69, 9.17) is 0 Å². The van der Waals surface area contributed by atoms with E-state index in [9.17, 15) is 4.79 Å². The van der Waals surface area contributed by atoms with Crippen molar-refractivity contribution in [3.63, 3.8) is 0 Å². The second-order valence-electron chi connectivity index (χ2n) is 8.68. The highest BCUT2D eigenvalue weighted by molar-refractivity contribution is 5.89. The Morgan fingerprint density at radius 2 is 1.72 bits per heavy atom. The third-order valence-electron chi connectivity index (χ3n) is 7.22. The van der Waals surface area contributed by atoms with Crippen molar-refractivity contribution in [3.8, 4) is 0 Å². The number of carbonyl (C=O) groups is 1. The van der Waals surface area contributed by atoms with Crippen molar-refractivity contribution in [2.45, 2.75) is 63.7 Å². The van der Waals surface area contributed by atoms with Gasteiger partial charge in [-0.25, -0.2) is 0 Å². The van der Waals surface area contributed by atoms with Crippen LogP contribution in [-0.2, 0) is 10.2 Å². The minimum absolute atomic E-state index is 0.262. The molecule has 2 saturated heterocycles.